The lowest BCUT2D eigenvalue weighted by molar-refractivity contribution is -0.124. The molecule has 0 aliphatic carbocycles. The molecule has 2 aliphatic rings. The predicted molar refractivity (Wildman–Crippen MR) is 102 cm³/mol. The molecule has 4 rings (SSSR count). The van der Waals surface area contributed by atoms with Gasteiger partial charge in [0.15, 0.2) is 0 Å². The molecule has 1 unspecified atom stereocenters. The number of hydrogen-bond acceptors (Lipinski definition) is 3. The van der Waals surface area contributed by atoms with E-state index in [1.54, 1.807) is 29.2 Å². The fourth-order valence-corrected chi connectivity index (χ4v) is 5.17. The molecule has 0 aromatic heterocycles. The zero-order chi connectivity index (χ0) is 17.8. The summed E-state index contributed by atoms with van der Waals surface area (Å²) >= 11 is 7.51. The number of anilines is 2. The Hall–Kier alpha value is -1.98. The third kappa shape index (κ3) is 2.37. The highest BCUT2D eigenvalue weighted by molar-refractivity contribution is 8.01. The van der Waals surface area contributed by atoms with Gasteiger partial charge in [-0.3, -0.25) is 14.5 Å². The molecule has 1 N–H and O–H groups in total. The van der Waals surface area contributed by atoms with E-state index in [1.165, 1.54) is 11.8 Å². The molecule has 2 aromatic carbocycles. The highest BCUT2D eigenvalue weighted by Gasteiger charge is 2.56. The number of thioether (sulfide) groups is 1. The second-order valence-corrected chi connectivity index (χ2v) is 8.13. The zero-order valence-corrected chi connectivity index (χ0v) is 15.5. The molecule has 2 aromatic rings. The van der Waals surface area contributed by atoms with Crippen LogP contribution in [0.5, 0.6) is 0 Å². The predicted octanol–water partition coefficient (Wildman–Crippen LogP) is 4.23. The Bertz CT molecular complexity index is 897. The molecule has 4 nitrogen and oxygen atoms in total. The van der Waals surface area contributed by atoms with E-state index in [2.05, 4.69) is 5.32 Å². The van der Waals surface area contributed by atoms with Gasteiger partial charge in [-0.05, 0) is 43.7 Å². The lowest BCUT2D eigenvalue weighted by Gasteiger charge is -2.42. The van der Waals surface area contributed by atoms with Crippen LogP contribution in [0.1, 0.15) is 23.1 Å². The third-order valence-electron chi connectivity index (χ3n) is 4.67. The van der Waals surface area contributed by atoms with Gasteiger partial charge in [-0.15, -0.1) is 11.8 Å². The molecule has 25 heavy (non-hydrogen) atoms. The topological polar surface area (TPSA) is 49.4 Å². The summed E-state index contributed by atoms with van der Waals surface area (Å²) < 4.78 is 0. The molecule has 0 radical (unpaired) electrons. The summed E-state index contributed by atoms with van der Waals surface area (Å²) in [6.07, 6.45) is 0.405. The maximum atomic E-state index is 13.1. The van der Waals surface area contributed by atoms with Crippen LogP contribution in [-0.2, 0) is 14.5 Å². The summed E-state index contributed by atoms with van der Waals surface area (Å²) in [5.74, 6) is 0.399. The number of hydrogen-bond donors (Lipinski definition) is 1. The van der Waals surface area contributed by atoms with Gasteiger partial charge in [-0.25, -0.2) is 0 Å². The Morgan fingerprint density at radius 3 is 2.60 bits per heavy atom. The first-order valence-corrected chi connectivity index (χ1v) is 9.45. The Morgan fingerprint density at radius 1 is 1.16 bits per heavy atom. The van der Waals surface area contributed by atoms with Crippen molar-refractivity contribution < 1.29 is 9.59 Å². The van der Waals surface area contributed by atoms with E-state index < -0.39 is 4.87 Å². The minimum atomic E-state index is -1.06. The first-order chi connectivity index (χ1) is 11.9. The summed E-state index contributed by atoms with van der Waals surface area (Å²) in [5, 5.41) is 3.60. The van der Waals surface area contributed by atoms with Crippen LogP contribution in [-0.4, -0.2) is 17.6 Å². The third-order valence-corrected chi connectivity index (χ3v) is 6.33. The normalized spacial score (nSPS) is 22.3. The minimum absolute atomic E-state index is 0.0526. The molecule has 0 bridgehead atoms. The Morgan fingerprint density at radius 2 is 1.88 bits per heavy atom. The lowest BCUT2D eigenvalue weighted by Crippen LogP contribution is -2.54. The standard InChI is InChI=1S/C19H17ClN2O2S/c1-11-9-12(2)17-15(10-11)19(18(24)21-17)22(16(23)7-8-25-19)14-5-3-13(20)4-6-14/h3-6,9-10H,7-8H2,1-2H3,(H,21,24). The monoisotopic (exact) mass is 372 g/mol. The number of aryl methyl sites for hydroxylation is 2. The Labute approximate surface area is 155 Å². The summed E-state index contributed by atoms with van der Waals surface area (Å²) in [7, 11) is 0. The van der Waals surface area contributed by atoms with Gasteiger partial charge in [0, 0.05) is 28.4 Å². The summed E-state index contributed by atoms with van der Waals surface area (Å²) in [4.78, 5) is 26.6. The quantitative estimate of drug-likeness (QED) is 0.814. The van der Waals surface area contributed by atoms with Crippen molar-refractivity contribution >= 4 is 46.6 Å². The number of fused-ring (bicyclic) bond motifs is 2. The average Bonchev–Trinajstić information content (AvgIpc) is 2.83. The van der Waals surface area contributed by atoms with Crippen molar-refractivity contribution in [3.8, 4) is 0 Å². The van der Waals surface area contributed by atoms with Crippen molar-refractivity contribution in [3.05, 3.63) is 58.1 Å². The van der Waals surface area contributed by atoms with Gasteiger partial charge in [-0.1, -0.05) is 29.3 Å². The van der Waals surface area contributed by atoms with Gasteiger partial charge in [-0.2, -0.15) is 0 Å². The fraction of sp³-hybridized carbons (Fsp3) is 0.263. The van der Waals surface area contributed by atoms with Crippen molar-refractivity contribution in [1.29, 1.82) is 0 Å². The highest BCUT2D eigenvalue weighted by Crippen LogP contribution is 2.53. The molecule has 1 fully saturated rings. The van der Waals surface area contributed by atoms with Crippen LogP contribution in [0, 0.1) is 13.8 Å². The van der Waals surface area contributed by atoms with Crippen LogP contribution >= 0.6 is 23.4 Å². The minimum Gasteiger partial charge on any atom is -0.322 e. The van der Waals surface area contributed by atoms with Gasteiger partial charge in [0.05, 0.1) is 5.69 Å². The summed E-state index contributed by atoms with van der Waals surface area (Å²) in [6.45, 7) is 3.98. The van der Waals surface area contributed by atoms with Gasteiger partial charge < -0.3 is 5.32 Å². The molecule has 128 valence electrons. The molecule has 1 atom stereocenters. The van der Waals surface area contributed by atoms with Crippen molar-refractivity contribution in [2.45, 2.75) is 25.1 Å². The fourth-order valence-electron chi connectivity index (χ4n) is 3.64. The van der Waals surface area contributed by atoms with E-state index in [9.17, 15) is 9.59 Å². The van der Waals surface area contributed by atoms with Gasteiger partial charge in [0.2, 0.25) is 10.8 Å². The van der Waals surface area contributed by atoms with Crippen molar-refractivity contribution in [1.82, 2.24) is 0 Å². The zero-order valence-electron chi connectivity index (χ0n) is 13.9. The number of nitrogens with one attached hydrogen (secondary N) is 1. The molecule has 1 spiro atoms. The molecule has 6 heteroatoms. The number of carbonyl (C=O) groups excluding carboxylic acids is 2. The summed E-state index contributed by atoms with van der Waals surface area (Å²) in [5.41, 5.74) is 4.44. The van der Waals surface area contributed by atoms with Crippen molar-refractivity contribution in [3.63, 3.8) is 0 Å². The number of nitrogens with zero attached hydrogens (tertiary/aromatic N) is 1. The van der Waals surface area contributed by atoms with Crippen molar-refractivity contribution in [2.24, 2.45) is 0 Å². The number of rotatable bonds is 1. The lowest BCUT2D eigenvalue weighted by atomic mass is 9.99. The molecule has 0 saturated carbocycles. The maximum absolute atomic E-state index is 13.1. The van der Waals surface area contributed by atoms with Crippen molar-refractivity contribution in [2.75, 3.05) is 16.0 Å². The summed E-state index contributed by atoms with van der Waals surface area (Å²) in [6, 6.07) is 11.1. The van der Waals surface area contributed by atoms with E-state index in [1.807, 2.05) is 26.0 Å². The van der Waals surface area contributed by atoms with E-state index in [4.69, 9.17) is 11.6 Å². The first kappa shape index (κ1) is 16.5. The van der Waals surface area contributed by atoms with Crippen LogP contribution in [0.15, 0.2) is 36.4 Å². The second kappa shape index (κ2) is 5.78. The van der Waals surface area contributed by atoms with Crippen LogP contribution < -0.4 is 10.2 Å². The average molecular weight is 373 g/mol. The largest absolute Gasteiger partial charge is 0.322 e. The maximum Gasteiger partial charge on any atom is 0.266 e. The van der Waals surface area contributed by atoms with Crippen LogP contribution in [0.3, 0.4) is 0 Å². The van der Waals surface area contributed by atoms with Gasteiger partial charge in [0.25, 0.3) is 5.91 Å². The highest BCUT2D eigenvalue weighted by atomic mass is 35.5. The number of carbonyl (C=O) groups is 2. The van der Waals surface area contributed by atoms with Gasteiger partial charge in [0.1, 0.15) is 0 Å². The van der Waals surface area contributed by atoms with Crippen LogP contribution in [0.25, 0.3) is 0 Å². The number of halogens is 1. The van der Waals surface area contributed by atoms with E-state index in [-0.39, 0.29) is 11.8 Å². The Balaban J connectivity index is 1.96. The molecule has 2 amide bonds. The SMILES string of the molecule is Cc1cc(C)c2c(c1)C1(SCCC(=O)N1c1ccc(Cl)cc1)C(=O)N2. The number of amides is 2. The molecule has 2 heterocycles. The van der Waals surface area contributed by atoms with E-state index >= 15 is 0 Å². The smallest absolute Gasteiger partial charge is 0.266 e. The van der Waals surface area contributed by atoms with E-state index in [0.717, 1.165) is 22.4 Å². The molecular formula is C19H17ClN2O2S. The number of benzene rings is 2. The Kier molecular flexibility index (Phi) is 3.81. The molecule has 2 aliphatic heterocycles. The van der Waals surface area contributed by atoms with Gasteiger partial charge >= 0.3 is 0 Å². The molecular weight excluding hydrogens is 356 g/mol. The van der Waals surface area contributed by atoms with Crippen LogP contribution in [0.2, 0.25) is 5.02 Å². The van der Waals surface area contributed by atoms with Crippen LogP contribution in [0.4, 0.5) is 11.4 Å². The first-order valence-electron chi connectivity index (χ1n) is 8.09. The van der Waals surface area contributed by atoms with E-state index in [0.29, 0.717) is 22.9 Å². The second-order valence-electron chi connectivity index (χ2n) is 6.41. The molecule has 1 saturated heterocycles.